The zero-order valence-corrected chi connectivity index (χ0v) is 17.8. The maximum Gasteiger partial charge on any atom is 0.260 e. The van der Waals surface area contributed by atoms with Crippen LogP contribution < -0.4 is 14.5 Å². The van der Waals surface area contributed by atoms with E-state index in [-0.39, 0.29) is 5.91 Å². The number of hydrogen-bond donors (Lipinski definition) is 1. The molecule has 0 aliphatic rings. The highest BCUT2D eigenvalue weighted by atomic mass is 32.1. The Kier molecular flexibility index (Phi) is 6.81. The van der Waals surface area contributed by atoms with Crippen LogP contribution >= 0.6 is 11.3 Å². The van der Waals surface area contributed by atoms with Crippen LogP contribution in [0.3, 0.4) is 0 Å². The van der Waals surface area contributed by atoms with E-state index < -0.39 is 0 Å². The topological polar surface area (TPSA) is 70.7 Å². The normalized spacial score (nSPS) is 10.9. The van der Waals surface area contributed by atoms with Gasteiger partial charge in [0, 0.05) is 18.5 Å². The van der Waals surface area contributed by atoms with Crippen LogP contribution in [0, 0.1) is 11.3 Å². The summed E-state index contributed by atoms with van der Waals surface area (Å²) in [5.41, 5.74) is 1.86. The molecule has 1 N–H and O–H groups in total. The minimum Gasteiger partial charge on any atom is -0.492 e. The molecule has 1 aromatic heterocycles. The molecular formula is C22H25N4O2S+. The molecule has 0 unspecified atom stereocenters. The van der Waals surface area contributed by atoms with Crippen LogP contribution in [0.15, 0.2) is 42.5 Å². The summed E-state index contributed by atoms with van der Waals surface area (Å²) >= 11 is 1.49. The van der Waals surface area contributed by atoms with Gasteiger partial charge in [0.25, 0.3) is 5.91 Å². The molecule has 29 heavy (non-hydrogen) atoms. The first-order valence-corrected chi connectivity index (χ1v) is 10.5. The van der Waals surface area contributed by atoms with Gasteiger partial charge in [-0.2, -0.15) is 5.26 Å². The number of nitriles is 1. The number of nitrogens with zero attached hydrogens (tertiary/aromatic N) is 3. The number of anilines is 1. The maximum atomic E-state index is 13.3. The Morgan fingerprint density at radius 2 is 2.00 bits per heavy atom. The van der Waals surface area contributed by atoms with Crippen molar-refractivity contribution in [2.45, 2.75) is 13.3 Å². The fourth-order valence-electron chi connectivity index (χ4n) is 3.02. The fraction of sp³-hybridized carbons (Fsp3) is 0.318. The van der Waals surface area contributed by atoms with Crippen molar-refractivity contribution in [3.05, 3.63) is 53.6 Å². The van der Waals surface area contributed by atoms with Gasteiger partial charge in [-0.25, -0.2) is 4.98 Å². The molecule has 6 nitrogen and oxygen atoms in total. The van der Waals surface area contributed by atoms with E-state index in [2.05, 4.69) is 20.2 Å². The second-order valence-electron chi connectivity index (χ2n) is 6.99. The summed E-state index contributed by atoms with van der Waals surface area (Å²) in [5.74, 6) is 0.622. The number of quaternary nitrogens is 1. The number of aromatic nitrogens is 1. The minimum atomic E-state index is -0.111. The molecule has 0 aliphatic heterocycles. The summed E-state index contributed by atoms with van der Waals surface area (Å²) in [6.07, 6.45) is 0.860. The average molecular weight is 410 g/mol. The van der Waals surface area contributed by atoms with Crippen molar-refractivity contribution in [1.29, 1.82) is 5.26 Å². The van der Waals surface area contributed by atoms with Crippen LogP contribution in [-0.2, 0) is 0 Å². The number of carbonyl (C=O) groups is 1. The minimum absolute atomic E-state index is 0.111. The summed E-state index contributed by atoms with van der Waals surface area (Å²) < 4.78 is 6.69. The van der Waals surface area contributed by atoms with E-state index in [0.29, 0.717) is 29.4 Å². The fourth-order valence-corrected chi connectivity index (χ4v) is 4.02. The lowest BCUT2D eigenvalue weighted by Gasteiger charge is -2.20. The van der Waals surface area contributed by atoms with Gasteiger partial charge in [-0.3, -0.25) is 9.69 Å². The summed E-state index contributed by atoms with van der Waals surface area (Å²) in [6.45, 7) is 4.03. The number of hydrogen-bond acceptors (Lipinski definition) is 5. The van der Waals surface area contributed by atoms with E-state index in [0.717, 1.165) is 28.9 Å². The Morgan fingerprint density at radius 1 is 1.24 bits per heavy atom. The Morgan fingerprint density at radius 3 is 2.66 bits per heavy atom. The number of rotatable bonds is 8. The SMILES string of the molecule is CCOc1cccc2sc(N(CCC[NH+](C)C)C(=O)c3ccc(C#N)cc3)nc12. The summed E-state index contributed by atoms with van der Waals surface area (Å²) in [7, 11) is 4.19. The Bertz CT molecular complexity index is 1020. The van der Waals surface area contributed by atoms with Crippen molar-refractivity contribution in [2.75, 3.05) is 38.7 Å². The third-order valence-corrected chi connectivity index (χ3v) is 5.51. The van der Waals surface area contributed by atoms with Gasteiger partial charge in [-0.1, -0.05) is 17.4 Å². The van der Waals surface area contributed by atoms with E-state index in [9.17, 15) is 4.79 Å². The smallest absolute Gasteiger partial charge is 0.260 e. The molecule has 0 aliphatic carbocycles. The van der Waals surface area contributed by atoms with E-state index in [1.165, 1.54) is 16.2 Å². The van der Waals surface area contributed by atoms with Crippen LogP contribution in [-0.4, -0.2) is 44.7 Å². The standard InChI is InChI=1S/C22H24N4O2S/c1-4-28-18-7-5-8-19-20(18)24-22(29-19)26(14-6-13-25(2)3)21(27)17-11-9-16(15-23)10-12-17/h5,7-12H,4,6,13-14H2,1-3H3/p+1. The van der Waals surface area contributed by atoms with Gasteiger partial charge in [-0.05, 0) is 43.3 Å². The number of fused-ring (bicyclic) bond motifs is 1. The second kappa shape index (κ2) is 9.50. The lowest BCUT2D eigenvalue weighted by molar-refractivity contribution is -0.858. The molecule has 0 fully saturated rings. The molecule has 1 heterocycles. The number of nitrogens with one attached hydrogen (secondary N) is 1. The number of benzene rings is 2. The van der Waals surface area contributed by atoms with Crippen molar-refractivity contribution < 1.29 is 14.4 Å². The molecule has 0 radical (unpaired) electrons. The average Bonchev–Trinajstić information content (AvgIpc) is 3.16. The third kappa shape index (κ3) is 4.91. The lowest BCUT2D eigenvalue weighted by Crippen LogP contribution is -3.05. The highest BCUT2D eigenvalue weighted by Gasteiger charge is 2.22. The van der Waals surface area contributed by atoms with E-state index >= 15 is 0 Å². The first kappa shape index (κ1) is 20.8. The molecule has 0 saturated carbocycles. The quantitative estimate of drug-likeness (QED) is 0.621. The Hall–Kier alpha value is -2.95. The number of para-hydroxylation sites is 1. The van der Waals surface area contributed by atoms with E-state index in [1.54, 1.807) is 29.2 Å². The monoisotopic (exact) mass is 409 g/mol. The predicted molar refractivity (Wildman–Crippen MR) is 116 cm³/mol. The maximum absolute atomic E-state index is 13.3. The van der Waals surface area contributed by atoms with Crippen molar-refractivity contribution >= 4 is 32.6 Å². The molecule has 0 spiro atoms. The summed E-state index contributed by atoms with van der Waals surface area (Å²) in [5, 5.41) is 9.67. The molecule has 0 saturated heterocycles. The number of carbonyl (C=O) groups excluding carboxylic acids is 1. The van der Waals surface area contributed by atoms with Crippen molar-refractivity contribution in [3.8, 4) is 11.8 Å². The molecule has 3 rings (SSSR count). The highest BCUT2D eigenvalue weighted by molar-refractivity contribution is 7.22. The van der Waals surface area contributed by atoms with Gasteiger partial charge < -0.3 is 9.64 Å². The lowest BCUT2D eigenvalue weighted by atomic mass is 10.1. The van der Waals surface area contributed by atoms with Crippen LogP contribution in [0.1, 0.15) is 29.3 Å². The first-order valence-electron chi connectivity index (χ1n) is 9.67. The molecule has 2 aromatic carbocycles. The van der Waals surface area contributed by atoms with Crippen molar-refractivity contribution in [1.82, 2.24) is 4.98 Å². The van der Waals surface area contributed by atoms with Gasteiger partial charge >= 0.3 is 0 Å². The molecule has 3 aromatic rings. The second-order valence-corrected chi connectivity index (χ2v) is 8.00. The molecule has 150 valence electrons. The van der Waals surface area contributed by atoms with Gasteiger partial charge in [-0.15, -0.1) is 0 Å². The van der Waals surface area contributed by atoms with Crippen LogP contribution in [0.2, 0.25) is 0 Å². The largest absolute Gasteiger partial charge is 0.492 e. The van der Waals surface area contributed by atoms with Gasteiger partial charge in [0.15, 0.2) is 5.13 Å². The molecule has 7 heteroatoms. The Balaban J connectivity index is 1.96. The van der Waals surface area contributed by atoms with Crippen LogP contribution in [0.5, 0.6) is 5.75 Å². The zero-order chi connectivity index (χ0) is 20.8. The van der Waals surface area contributed by atoms with E-state index in [1.807, 2.05) is 25.1 Å². The molecule has 0 atom stereocenters. The number of thiazole rings is 1. The van der Waals surface area contributed by atoms with Crippen molar-refractivity contribution in [3.63, 3.8) is 0 Å². The number of ether oxygens (including phenoxy) is 1. The number of amides is 1. The Labute approximate surface area is 175 Å². The molecular weight excluding hydrogens is 384 g/mol. The van der Waals surface area contributed by atoms with Crippen LogP contribution in [0.25, 0.3) is 10.2 Å². The summed E-state index contributed by atoms with van der Waals surface area (Å²) in [6, 6.07) is 14.7. The third-order valence-electron chi connectivity index (χ3n) is 4.47. The highest BCUT2D eigenvalue weighted by Crippen LogP contribution is 2.34. The zero-order valence-electron chi connectivity index (χ0n) is 16.9. The molecule has 0 bridgehead atoms. The van der Waals surface area contributed by atoms with Gasteiger partial charge in [0.2, 0.25) is 0 Å². The van der Waals surface area contributed by atoms with E-state index in [4.69, 9.17) is 15.0 Å². The first-order chi connectivity index (χ1) is 14.0. The van der Waals surface area contributed by atoms with Gasteiger partial charge in [0.1, 0.15) is 11.3 Å². The predicted octanol–water partition coefficient (Wildman–Crippen LogP) is 2.75. The van der Waals surface area contributed by atoms with Crippen LogP contribution in [0.4, 0.5) is 5.13 Å². The van der Waals surface area contributed by atoms with Crippen molar-refractivity contribution in [2.24, 2.45) is 0 Å². The molecule has 1 amide bonds. The van der Waals surface area contributed by atoms with Gasteiger partial charge in [0.05, 0.1) is 43.6 Å². The summed E-state index contributed by atoms with van der Waals surface area (Å²) in [4.78, 5) is 21.1.